The summed E-state index contributed by atoms with van der Waals surface area (Å²) in [6, 6.07) is 14.5. The maximum Gasteiger partial charge on any atom is 0.270 e. The van der Waals surface area contributed by atoms with Gasteiger partial charge in [-0.1, -0.05) is 12.1 Å². The van der Waals surface area contributed by atoms with Crippen LogP contribution in [0.1, 0.15) is 23.0 Å². The molecule has 0 aliphatic rings. The number of carbonyl (C=O) groups excluding carboxylic acids is 2. The van der Waals surface area contributed by atoms with Crippen LogP contribution in [0.25, 0.3) is 0 Å². The van der Waals surface area contributed by atoms with Crippen LogP contribution in [-0.2, 0) is 11.3 Å². The van der Waals surface area contributed by atoms with Crippen LogP contribution in [0.4, 0.5) is 21.6 Å². The van der Waals surface area contributed by atoms with Crippen molar-refractivity contribution in [3.8, 4) is 0 Å². The lowest BCUT2D eigenvalue weighted by Crippen LogP contribution is -2.24. The van der Waals surface area contributed by atoms with Gasteiger partial charge >= 0.3 is 0 Å². The number of anilines is 3. The summed E-state index contributed by atoms with van der Waals surface area (Å²) in [6.07, 6.45) is 1.29. The molecule has 0 atom stereocenters. The summed E-state index contributed by atoms with van der Waals surface area (Å²) in [4.78, 5) is 31.4. The highest BCUT2D eigenvalue weighted by atomic mass is 19.1. The fourth-order valence-corrected chi connectivity index (χ4v) is 2.41. The third kappa shape index (κ3) is 5.34. The molecule has 2 aromatic carbocycles. The number of rotatable bonds is 6. The molecule has 0 radical (unpaired) electrons. The van der Waals surface area contributed by atoms with E-state index in [1.807, 2.05) is 0 Å². The number of hydrogen-bond acceptors (Lipinski definition) is 5. The predicted octanol–water partition coefficient (Wildman–Crippen LogP) is 3.25. The van der Waals surface area contributed by atoms with E-state index in [4.69, 9.17) is 0 Å². The molecule has 0 saturated heterocycles. The Kier molecular flexibility index (Phi) is 5.91. The molecule has 3 rings (SSSR count). The molecule has 3 aromatic rings. The van der Waals surface area contributed by atoms with E-state index in [1.165, 1.54) is 31.5 Å². The van der Waals surface area contributed by atoms with Gasteiger partial charge in [0.2, 0.25) is 5.91 Å². The van der Waals surface area contributed by atoms with Crippen molar-refractivity contribution in [3.05, 3.63) is 78.0 Å². The molecule has 8 heteroatoms. The van der Waals surface area contributed by atoms with Gasteiger partial charge in [-0.3, -0.25) is 9.59 Å². The van der Waals surface area contributed by atoms with E-state index in [0.717, 1.165) is 11.3 Å². The maximum atomic E-state index is 12.9. The SMILES string of the molecule is CC(=O)Nc1ccc(Nc2cc(C(=O)NCc3ccc(F)cc3)ncn2)cc1. The smallest absolute Gasteiger partial charge is 0.270 e. The van der Waals surface area contributed by atoms with Crippen molar-refractivity contribution in [1.29, 1.82) is 0 Å². The van der Waals surface area contributed by atoms with Crippen molar-refractivity contribution >= 4 is 29.0 Å². The van der Waals surface area contributed by atoms with Gasteiger partial charge in [-0.05, 0) is 42.0 Å². The van der Waals surface area contributed by atoms with E-state index in [1.54, 1.807) is 36.4 Å². The number of nitrogens with one attached hydrogen (secondary N) is 3. The minimum Gasteiger partial charge on any atom is -0.347 e. The molecule has 2 amide bonds. The van der Waals surface area contributed by atoms with Gasteiger partial charge < -0.3 is 16.0 Å². The lowest BCUT2D eigenvalue weighted by molar-refractivity contribution is -0.114. The van der Waals surface area contributed by atoms with Gasteiger partial charge in [-0.2, -0.15) is 0 Å². The Balaban J connectivity index is 1.62. The van der Waals surface area contributed by atoms with Crippen LogP contribution in [0.3, 0.4) is 0 Å². The molecule has 0 fully saturated rings. The molecule has 0 unspecified atom stereocenters. The first kappa shape index (κ1) is 19.0. The Morgan fingerprint density at radius 1 is 0.964 bits per heavy atom. The summed E-state index contributed by atoms with van der Waals surface area (Å²) in [6.45, 7) is 1.70. The number of hydrogen-bond donors (Lipinski definition) is 3. The summed E-state index contributed by atoms with van der Waals surface area (Å²) >= 11 is 0. The van der Waals surface area contributed by atoms with Gasteiger partial charge in [0.05, 0.1) is 0 Å². The van der Waals surface area contributed by atoms with Crippen LogP contribution in [0.5, 0.6) is 0 Å². The van der Waals surface area contributed by atoms with Crippen LogP contribution in [-0.4, -0.2) is 21.8 Å². The molecule has 1 aromatic heterocycles. The lowest BCUT2D eigenvalue weighted by Gasteiger charge is -2.09. The average Bonchev–Trinajstić information content (AvgIpc) is 2.69. The van der Waals surface area contributed by atoms with Gasteiger partial charge in [0.1, 0.15) is 23.7 Å². The van der Waals surface area contributed by atoms with E-state index in [0.29, 0.717) is 11.5 Å². The Morgan fingerprint density at radius 2 is 1.64 bits per heavy atom. The average molecular weight is 379 g/mol. The molecule has 3 N–H and O–H groups in total. The molecule has 28 heavy (non-hydrogen) atoms. The maximum absolute atomic E-state index is 12.9. The number of amides is 2. The fraction of sp³-hybridized carbons (Fsp3) is 0.100. The predicted molar refractivity (Wildman–Crippen MR) is 104 cm³/mol. The third-order valence-corrected chi connectivity index (χ3v) is 3.74. The zero-order valence-corrected chi connectivity index (χ0v) is 15.1. The zero-order chi connectivity index (χ0) is 19.9. The minimum atomic E-state index is -0.365. The summed E-state index contributed by atoms with van der Waals surface area (Å²) < 4.78 is 12.9. The van der Waals surface area contributed by atoms with Crippen LogP contribution in [0.15, 0.2) is 60.9 Å². The standard InChI is InChI=1S/C20H18FN5O2/c1-13(27)25-16-6-8-17(9-7-16)26-19-10-18(23-12-24-19)20(28)22-11-14-2-4-15(21)5-3-14/h2-10,12H,11H2,1H3,(H,22,28)(H,25,27)(H,23,24,26). The van der Waals surface area contributed by atoms with Crippen molar-refractivity contribution in [2.24, 2.45) is 0 Å². The van der Waals surface area contributed by atoms with Crippen molar-refractivity contribution in [2.45, 2.75) is 13.5 Å². The Hall–Kier alpha value is -3.81. The van der Waals surface area contributed by atoms with E-state index in [-0.39, 0.29) is 29.9 Å². The van der Waals surface area contributed by atoms with Crippen LogP contribution >= 0.6 is 0 Å². The van der Waals surface area contributed by atoms with Crippen molar-refractivity contribution in [3.63, 3.8) is 0 Å². The van der Waals surface area contributed by atoms with E-state index in [9.17, 15) is 14.0 Å². The highest BCUT2D eigenvalue weighted by molar-refractivity contribution is 5.93. The summed E-state index contributed by atoms with van der Waals surface area (Å²) in [5.41, 5.74) is 2.41. The van der Waals surface area contributed by atoms with Crippen molar-refractivity contribution in [1.82, 2.24) is 15.3 Å². The molecule has 0 saturated carbocycles. The number of benzene rings is 2. The molecule has 0 spiro atoms. The normalized spacial score (nSPS) is 10.2. The number of halogens is 1. The van der Waals surface area contributed by atoms with E-state index in [2.05, 4.69) is 25.9 Å². The molecule has 1 heterocycles. The third-order valence-electron chi connectivity index (χ3n) is 3.74. The molecular formula is C20H18FN5O2. The second-order valence-corrected chi connectivity index (χ2v) is 5.98. The van der Waals surface area contributed by atoms with Crippen LogP contribution in [0, 0.1) is 5.82 Å². The molecule has 7 nitrogen and oxygen atoms in total. The summed E-state index contributed by atoms with van der Waals surface area (Å²) in [5, 5.41) is 8.49. The Morgan fingerprint density at radius 3 is 2.32 bits per heavy atom. The van der Waals surface area contributed by atoms with Gasteiger partial charge in [-0.15, -0.1) is 0 Å². The zero-order valence-electron chi connectivity index (χ0n) is 15.1. The number of carbonyl (C=O) groups is 2. The van der Waals surface area contributed by atoms with Crippen molar-refractivity contribution < 1.29 is 14.0 Å². The Labute approximate surface area is 161 Å². The lowest BCUT2D eigenvalue weighted by atomic mass is 10.2. The highest BCUT2D eigenvalue weighted by Crippen LogP contribution is 2.17. The molecular weight excluding hydrogens is 361 g/mol. The van der Waals surface area contributed by atoms with Gasteiger partial charge in [0.15, 0.2) is 0 Å². The van der Waals surface area contributed by atoms with Crippen LogP contribution in [0.2, 0.25) is 0 Å². The first-order valence-corrected chi connectivity index (χ1v) is 8.49. The second-order valence-electron chi connectivity index (χ2n) is 5.98. The van der Waals surface area contributed by atoms with Gasteiger partial charge in [0.25, 0.3) is 5.91 Å². The largest absolute Gasteiger partial charge is 0.347 e. The molecule has 0 aliphatic carbocycles. The molecule has 0 aliphatic heterocycles. The van der Waals surface area contributed by atoms with Gasteiger partial charge in [0, 0.05) is 30.9 Å². The highest BCUT2D eigenvalue weighted by Gasteiger charge is 2.09. The minimum absolute atomic E-state index is 0.146. The second kappa shape index (κ2) is 8.72. The quantitative estimate of drug-likeness (QED) is 0.611. The topological polar surface area (TPSA) is 96.0 Å². The summed E-state index contributed by atoms with van der Waals surface area (Å²) in [5.74, 6) is -0.385. The molecule has 0 bridgehead atoms. The van der Waals surface area contributed by atoms with Crippen molar-refractivity contribution in [2.75, 3.05) is 10.6 Å². The number of nitrogens with zero attached hydrogens (tertiary/aromatic N) is 2. The van der Waals surface area contributed by atoms with Gasteiger partial charge in [-0.25, -0.2) is 14.4 Å². The fourth-order valence-electron chi connectivity index (χ4n) is 2.41. The monoisotopic (exact) mass is 379 g/mol. The molecule has 142 valence electrons. The van der Waals surface area contributed by atoms with E-state index < -0.39 is 0 Å². The first-order valence-electron chi connectivity index (χ1n) is 8.49. The first-order chi connectivity index (χ1) is 13.5. The van der Waals surface area contributed by atoms with E-state index >= 15 is 0 Å². The number of aromatic nitrogens is 2. The summed E-state index contributed by atoms with van der Waals surface area (Å²) in [7, 11) is 0. The Bertz CT molecular complexity index is 975. The van der Waals surface area contributed by atoms with Crippen LogP contribution < -0.4 is 16.0 Å².